The zero-order valence-electron chi connectivity index (χ0n) is 23.3. The van der Waals surface area contributed by atoms with Crippen molar-refractivity contribution >= 4 is 50.7 Å². The highest BCUT2D eigenvalue weighted by Crippen LogP contribution is 2.31. The van der Waals surface area contributed by atoms with Crippen molar-refractivity contribution in [3.63, 3.8) is 0 Å². The Kier molecular flexibility index (Phi) is 10.6. The predicted molar refractivity (Wildman–Crippen MR) is 161 cm³/mol. The summed E-state index contributed by atoms with van der Waals surface area (Å²) < 4.78 is 29.1. The molecular weight excluding hydrogens is 569 g/mol. The minimum absolute atomic E-state index is 0.0233. The quantitative estimate of drug-likeness (QED) is 0.285. The van der Waals surface area contributed by atoms with Gasteiger partial charge in [0.1, 0.15) is 12.6 Å². The lowest BCUT2D eigenvalue weighted by Crippen LogP contribution is -2.53. The number of halogens is 2. The smallest absolute Gasteiger partial charge is 0.264 e. The topological polar surface area (TPSA) is 86.8 Å². The third-order valence-corrected chi connectivity index (χ3v) is 9.06. The maximum absolute atomic E-state index is 14.1. The Morgan fingerprint density at radius 3 is 2.12 bits per heavy atom. The molecule has 1 N–H and O–H groups in total. The summed E-state index contributed by atoms with van der Waals surface area (Å²) in [5.41, 5.74) is 2.32. The fourth-order valence-electron chi connectivity index (χ4n) is 4.33. The van der Waals surface area contributed by atoms with Crippen molar-refractivity contribution in [2.24, 2.45) is 0 Å². The molecule has 0 bridgehead atoms. The maximum atomic E-state index is 14.1. The lowest BCUT2D eigenvalue weighted by molar-refractivity contribution is -0.140. The second-order valence-corrected chi connectivity index (χ2v) is 12.6. The average molecular weight is 605 g/mol. The third-order valence-electron chi connectivity index (χ3n) is 6.51. The molecule has 214 valence electrons. The van der Waals surface area contributed by atoms with E-state index in [4.69, 9.17) is 23.2 Å². The third kappa shape index (κ3) is 7.36. The van der Waals surface area contributed by atoms with Crippen LogP contribution in [0.1, 0.15) is 43.9 Å². The highest BCUT2D eigenvalue weighted by atomic mass is 35.5. The van der Waals surface area contributed by atoms with Crippen LogP contribution in [0.3, 0.4) is 0 Å². The van der Waals surface area contributed by atoms with Crippen LogP contribution >= 0.6 is 23.2 Å². The molecule has 3 aromatic rings. The van der Waals surface area contributed by atoms with E-state index in [0.29, 0.717) is 27.6 Å². The Morgan fingerprint density at radius 2 is 1.52 bits per heavy atom. The average Bonchev–Trinajstić information content (AvgIpc) is 2.89. The minimum Gasteiger partial charge on any atom is -0.352 e. The maximum Gasteiger partial charge on any atom is 0.264 e. The Bertz CT molecular complexity index is 1460. The summed E-state index contributed by atoms with van der Waals surface area (Å²) in [6, 6.07) is 17.4. The first kappa shape index (κ1) is 31.5. The highest BCUT2D eigenvalue weighted by molar-refractivity contribution is 7.92. The van der Waals surface area contributed by atoms with Crippen molar-refractivity contribution in [1.29, 1.82) is 0 Å². The van der Waals surface area contributed by atoms with Crippen LogP contribution in [-0.2, 0) is 26.2 Å². The molecule has 0 aliphatic carbocycles. The van der Waals surface area contributed by atoms with Gasteiger partial charge in [-0.05, 0) is 75.6 Å². The number of carbonyl (C=O) groups is 2. The number of carbonyl (C=O) groups excluding carboxylic acids is 2. The molecule has 0 heterocycles. The van der Waals surface area contributed by atoms with Gasteiger partial charge in [0, 0.05) is 22.6 Å². The predicted octanol–water partition coefficient (Wildman–Crippen LogP) is 6.14. The molecule has 1 unspecified atom stereocenters. The number of hydrogen-bond donors (Lipinski definition) is 1. The number of benzene rings is 3. The molecule has 3 rings (SSSR count). The van der Waals surface area contributed by atoms with E-state index >= 15 is 0 Å². The van der Waals surface area contributed by atoms with Crippen molar-refractivity contribution in [2.45, 2.75) is 64.6 Å². The van der Waals surface area contributed by atoms with E-state index in [-0.39, 0.29) is 29.1 Å². The lowest BCUT2D eigenvalue weighted by atomic mass is 10.1. The number of amides is 2. The van der Waals surface area contributed by atoms with Gasteiger partial charge >= 0.3 is 0 Å². The van der Waals surface area contributed by atoms with Gasteiger partial charge in [-0.15, -0.1) is 0 Å². The Hall–Kier alpha value is -3.07. The number of anilines is 1. The molecule has 0 fully saturated rings. The second kappa shape index (κ2) is 13.5. The van der Waals surface area contributed by atoms with Crippen LogP contribution < -0.4 is 9.62 Å². The first-order chi connectivity index (χ1) is 18.9. The van der Waals surface area contributed by atoms with Gasteiger partial charge in [0.15, 0.2) is 0 Å². The Labute approximate surface area is 247 Å². The van der Waals surface area contributed by atoms with E-state index in [1.54, 1.807) is 68.4 Å². The number of nitrogens with zero attached hydrogens (tertiary/aromatic N) is 2. The molecule has 3 aromatic carbocycles. The van der Waals surface area contributed by atoms with Crippen LogP contribution in [0.2, 0.25) is 10.0 Å². The molecule has 0 aromatic heterocycles. The van der Waals surface area contributed by atoms with E-state index in [1.807, 2.05) is 20.8 Å². The summed E-state index contributed by atoms with van der Waals surface area (Å²) >= 11 is 12.8. The molecule has 1 atom stereocenters. The number of sulfonamides is 1. The van der Waals surface area contributed by atoms with Gasteiger partial charge in [-0.1, -0.05) is 72.1 Å². The van der Waals surface area contributed by atoms with Gasteiger partial charge < -0.3 is 10.2 Å². The molecular formula is C30H35Cl2N3O4S. The summed E-state index contributed by atoms with van der Waals surface area (Å²) in [6.07, 6.45) is 0.315. The fraction of sp³-hybridized carbons (Fsp3) is 0.333. The van der Waals surface area contributed by atoms with Crippen molar-refractivity contribution in [1.82, 2.24) is 10.2 Å². The molecule has 0 aliphatic heterocycles. The normalized spacial score (nSPS) is 12.2. The number of hydrogen-bond acceptors (Lipinski definition) is 4. The molecule has 0 saturated carbocycles. The monoisotopic (exact) mass is 603 g/mol. The van der Waals surface area contributed by atoms with Crippen molar-refractivity contribution in [2.75, 3.05) is 10.8 Å². The van der Waals surface area contributed by atoms with Crippen LogP contribution in [0, 0.1) is 13.8 Å². The van der Waals surface area contributed by atoms with Gasteiger partial charge in [-0.3, -0.25) is 13.9 Å². The number of rotatable bonds is 11. The first-order valence-electron chi connectivity index (χ1n) is 13.0. The second-order valence-electron chi connectivity index (χ2n) is 9.91. The molecule has 0 saturated heterocycles. The summed E-state index contributed by atoms with van der Waals surface area (Å²) in [6.45, 7) is 8.51. The van der Waals surface area contributed by atoms with E-state index in [0.717, 1.165) is 9.87 Å². The van der Waals surface area contributed by atoms with Crippen LogP contribution in [0.25, 0.3) is 0 Å². The van der Waals surface area contributed by atoms with E-state index in [9.17, 15) is 18.0 Å². The Balaban J connectivity index is 2.12. The standard InChI is InChI=1S/C30H35Cl2N3O4S/c1-6-27(30(37)33-20(2)3)34(18-23-10-7-8-11-26(23)32)29(36)19-35(28-13-9-12-25(31)22(28)5)40(38,39)24-16-14-21(4)15-17-24/h7-17,20,27H,6,18-19H2,1-5H3,(H,33,37). The van der Waals surface area contributed by atoms with E-state index < -0.39 is 28.5 Å². The molecule has 0 radical (unpaired) electrons. The molecule has 2 amide bonds. The molecule has 10 heteroatoms. The minimum atomic E-state index is -4.19. The molecule has 40 heavy (non-hydrogen) atoms. The molecule has 0 aliphatic rings. The van der Waals surface area contributed by atoms with Gasteiger partial charge in [-0.25, -0.2) is 8.42 Å². The van der Waals surface area contributed by atoms with Crippen molar-refractivity contribution in [3.05, 3.63) is 93.5 Å². The number of aryl methyl sites for hydroxylation is 1. The van der Waals surface area contributed by atoms with E-state index in [1.165, 1.54) is 17.0 Å². The SMILES string of the molecule is CCC(C(=O)NC(C)C)N(Cc1ccccc1Cl)C(=O)CN(c1cccc(Cl)c1C)S(=O)(=O)c1ccc(C)cc1. The highest BCUT2D eigenvalue weighted by Gasteiger charge is 2.34. The van der Waals surface area contributed by atoms with Crippen molar-refractivity contribution < 1.29 is 18.0 Å². The van der Waals surface area contributed by atoms with E-state index in [2.05, 4.69) is 5.32 Å². The lowest BCUT2D eigenvalue weighted by Gasteiger charge is -2.34. The van der Waals surface area contributed by atoms with Crippen LogP contribution in [0.15, 0.2) is 71.6 Å². The number of nitrogens with one attached hydrogen (secondary N) is 1. The Morgan fingerprint density at radius 1 is 0.900 bits per heavy atom. The van der Waals surface area contributed by atoms with Gasteiger partial charge in [0.2, 0.25) is 11.8 Å². The summed E-state index contributed by atoms with van der Waals surface area (Å²) in [4.78, 5) is 28.8. The van der Waals surface area contributed by atoms with Crippen molar-refractivity contribution in [3.8, 4) is 0 Å². The van der Waals surface area contributed by atoms with Crippen LogP contribution in [0.5, 0.6) is 0 Å². The largest absolute Gasteiger partial charge is 0.352 e. The van der Waals surface area contributed by atoms with Gasteiger partial charge in [0.05, 0.1) is 10.6 Å². The summed E-state index contributed by atoms with van der Waals surface area (Å²) in [7, 11) is -4.19. The van der Waals surface area contributed by atoms with Gasteiger partial charge in [0.25, 0.3) is 10.0 Å². The zero-order valence-corrected chi connectivity index (χ0v) is 25.6. The summed E-state index contributed by atoms with van der Waals surface area (Å²) in [5.74, 6) is -0.884. The zero-order chi connectivity index (χ0) is 29.6. The van der Waals surface area contributed by atoms with Gasteiger partial charge in [-0.2, -0.15) is 0 Å². The summed E-state index contributed by atoms with van der Waals surface area (Å²) in [5, 5.41) is 3.68. The molecule has 0 spiro atoms. The van der Waals surface area contributed by atoms with Crippen LogP contribution in [-0.4, -0.2) is 43.8 Å². The first-order valence-corrected chi connectivity index (χ1v) is 15.2. The molecule has 7 nitrogen and oxygen atoms in total. The van der Waals surface area contributed by atoms with Crippen LogP contribution in [0.4, 0.5) is 5.69 Å². The fourth-order valence-corrected chi connectivity index (χ4v) is 6.16.